The van der Waals surface area contributed by atoms with Crippen molar-refractivity contribution in [3.05, 3.63) is 18.5 Å². The number of aromatic nitrogens is 2. The molecule has 1 aromatic heterocycles. The van der Waals surface area contributed by atoms with Gasteiger partial charge in [-0.2, -0.15) is 5.10 Å². The third-order valence-corrected chi connectivity index (χ3v) is 5.40. The van der Waals surface area contributed by atoms with Crippen molar-refractivity contribution in [2.45, 2.75) is 70.5 Å². The van der Waals surface area contributed by atoms with Gasteiger partial charge in [0.15, 0.2) is 0 Å². The number of rotatable bonds is 5. The van der Waals surface area contributed by atoms with Gasteiger partial charge in [-0.15, -0.1) is 0 Å². The van der Waals surface area contributed by atoms with E-state index in [1.165, 1.54) is 0 Å². The molecule has 24 heavy (non-hydrogen) atoms. The number of likely N-dealkylation sites (tertiary alicyclic amines) is 2. The minimum absolute atomic E-state index is 0.124. The van der Waals surface area contributed by atoms with Crippen molar-refractivity contribution < 1.29 is 9.59 Å². The Bertz CT molecular complexity index is 584. The Labute approximate surface area is 143 Å². The van der Waals surface area contributed by atoms with Crippen LogP contribution in [0.15, 0.2) is 18.5 Å². The zero-order valence-corrected chi connectivity index (χ0v) is 14.8. The first-order valence-electron chi connectivity index (χ1n) is 9.13. The van der Waals surface area contributed by atoms with Gasteiger partial charge < -0.3 is 9.80 Å². The summed E-state index contributed by atoms with van der Waals surface area (Å²) in [5.74, 6) is 0.292. The second kappa shape index (κ2) is 6.95. The van der Waals surface area contributed by atoms with E-state index in [1.807, 2.05) is 26.7 Å². The summed E-state index contributed by atoms with van der Waals surface area (Å²) in [6.07, 6.45) is 8.46. The van der Waals surface area contributed by atoms with Crippen molar-refractivity contribution in [1.29, 1.82) is 0 Å². The van der Waals surface area contributed by atoms with Crippen LogP contribution in [0, 0.1) is 0 Å². The average molecular weight is 332 g/mol. The Hall–Kier alpha value is -1.85. The van der Waals surface area contributed by atoms with E-state index in [9.17, 15) is 9.59 Å². The van der Waals surface area contributed by atoms with E-state index in [0.717, 1.165) is 51.7 Å². The average Bonchev–Trinajstić information content (AvgIpc) is 3.20. The zero-order valence-electron chi connectivity index (χ0n) is 14.8. The molecule has 1 aromatic rings. The largest absolute Gasteiger partial charge is 0.338 e. The van der Waals surface area contributed by atoms with Crippen LogP contribution in [0.5, 0.6) is 0 Å². The van der Waals surface area contributed by atoms with Crippen LogP contribution in [-0.2, 0) is 16.1 Å². The van der Waals surface area contributed by atoms with Crippen LogP contribution >= 0.6 is 0 Å². The normalized spacial score (nSPS) is 24.4. The summed E-state index contributed by atoms with van der Waals surface area (Å²) in [5.41, 5.74) is -0.564. The lowest BCUT2D eigenvalue weighted by Crippen LogP contribution is -2.62. The number of aryl methyl sites for hydroxylation is 1. The van der Waals surface area contributed by atoms with E-state index in [-0.39, 0.29) is 17.9 Å². The predicted molar refractivity (Wildman–Crippen MR) is 91.2 cm³/mol. The lowest BCUT2D eigenvalue weighted by molar-refractivity contribution is -0.156. The summed E-state index contributed by atoms with van der Waals surface area (Å²) in [6.45, 7) is 6.40. The molecule has 3 heterocycles. The SMILES string of the molecule is CC(C)N1CCCC2(CCCN2C(=O)CCCn2cccn2)C1=O. The maximum Gasteiger partial charge on any atom is 0.248 e. The standard InChI is InChI=1S/C18H28N4O2/c1-15(2)21-13-4-8-18(17(21)24)9-5-14-22(18)16(23)7-3-11-20-12-6-10-19-20/h6,10,12,15H,3-5,7-9,11,13-14H2,1-2H3. The van der Waals surface area contributed by atoms with Gasteiger partial charge >= 0.3 is 0 Å². The quantitative estimate of drug-likeness (QED) is 0.829. The summed E-state index contributed by atoms with van der Waals surface area (Å²) in [6, 6.07) is 2.09. The first-order chi connectivity index (χ1) is 11.5. The number of nitrogens with zero attached hydrogens (tertiary/aromatic N) is 4. The molecule has 1 atom stereocenters. The first-order valence-corrected chi connectivity index (χ1v) is 9.13. The molecule has 2 aliphatic heterocycles. The fourth-order valence-corrected chi connectivity index (χ4v) is 4.19. The second-order valence-corrected chi connectivity index (χ2v) is 7.25. The molecule has 0 saturated carbocycles. The minimum atomic E-state index is -0.564. The number of carbonyl (C=O) groups is 2. The fourth-order valence-electron chi connectivity index (χ4n) is 4.19. The van der Waals surface area contributed by atoms with E-state index < -0.39 is 5.54 Å². The molecule has 0 bridgehead atoms. The molecule has 2 aliphatic rings. The molecular weight excluding hydrogens is 304 g/mol. The van der Waals surface area contributed by atoms with Crippen LogP contribution in [0.2, 0.25) is 0 Å². The molecule has 0 aliphatic carbocycles. The van der Waals surface area contributed by atoms with Crippen molar-refractivity contribution in [2.75, 3.05) is 13.1 Å². The van der Waals surface area contributed by atoms with Crippen LogP contribution in [0.4, 0.5) is 0 Å². The van der Waals surface area contributed by atoms with Crippen molar-refractivity contribution in [2.24, 2.45) is 0 Å². The van der Waals surface area contributed by atoms with Crippen LogP contribution in [0.25, 0.3) is 0 Å². The van der Waals surface area contributed by atoms with Crippen LogP contribution in [0.3, 0.4) is 0 Å². The summed E-state index contributed by atoms with van der Waals surface area (Å²) in [7, 11) is 0. The van der Waals surface area contributed by atoms with Gasteiger partial charge in [0, 0.05) is 44.5 Å². The Kier molecular flexibility index (Phi) is 4.92. The molecule has 1 spiro atoms. The van der Waals surface area contributed by atoms with Gasteiger partial charge in [-0.25, -0.2) is 0 Å². The number of amides is 2. The number of hydrogen-bond acceptors (Lipinski definition) is 3. The molecule has 1 unspecified atom stereocenters. The maximum atomic E-state index is 13.1. The highest BCUT2D eigenvalue weighted by atomic mass is 16.2. The molecule has 0 aromatic carbocycles. The number of hydrogen-bond donors (Lipinski definition) is 0. The van der Waals surface area contributed by atoms with Crippen molar-refractivity contribution in [1.82, 2.24) is 19.6 Å². The first kappa shape index (κ1) is 17.0. The van der Waals surface area contributed by atoms with Gasteiger partial charge in [-0.1, -0.05) is 0 Å². The van der Waals surface area contributed by atoms with Gasteiger partial charge in [0.2, 0.25) is 11.8 Å². The highest BCUT2D eigenvalue weighted by Crippen LogP contribution is 2.39. The molecule has 0 radical (unpaired) electrons. The molecule has 6 heteroatoms. The summed E-state index contributed by atoms with van der Waals surface area (Å²) in [4.78, 5) is 29.7. The fraction of sp³-hybridized carbons (Fsp3) is 0.722. The van der Waals surface area contributed by atoms with Gasteiger partial charge in [0.1, 0.15) is 5.54 Å². The van der Waals surface area contributed by atoms with Gasteiger partial charge in [0.05, 0.1) is 0 Å². The lowest BCUT2D eigenvalue weighted by atomic mass is 9.84. The van der Waals surface area contributed by atoms with Crippen molar-refractivity contribution in [3.8, 4) is 0 Å². The number of carbonyl (C=O) groups excluding carboxylic acids is 2. The van der Waals surface area contributed by atoms with Gasteiger partial charge in [-0.3, -0.25) is 14.3 Å². The molecule has 2 fully saturated rings. The maximum absolute atomic E-state index is 13.1. The van der Waals surface area contributed by atoms with Crippen LogP contribution in [0.1, 0.15) is 52.4 Å². The molecule has 132 valence electrons. The Morgan fingerprint density at radius 3 is 2.71 bits per heavy atom. The van der Waals surface area contributed by atoms with E-state index in [0.29, 0.717) is 6.42 Å². The summed E-state index contributed by atoms with van der Waals surface area (Å²) < 4.78 is 1.85. The zero-order chi connectivity index (χ0) is 17.2. The van der Waals surface area contributed by atoms with Crippen molar-refractivity contribution in [3.63, 3.8) is 0 Å². The molecule has 2 saturated heterocycles. The minimum Gasteiger partial charge on any atom is -0.338 e. The molecule has 6 nitrogen and oxygen atoms in total. The second-order valence-electron chi connectivity index (χ2n) is 7.25. The monoisotopic (exact) mass is 332 g/mol. The van der Waals surface area contributed by atoms with Crippen LogP contribution in [-0.4, -0.2) is 56.1 Å². The highest BCUT2D eigenvalue weighted by molar-refractivity contribution is 5.92. The Morgan fingerprint density at radius 1 is 1.29 bits per heavy atom. The smallest absolute Gasteiger partial charge is 0.248 e. The van der Waals surface area contributed by atoms with E-state index >= 15 is 0 Å². The topological polar surface area (TPSA) is 58.4 Å². The molecule has 2 amide bonds. The van der Waals surface area contributed by atoms with Gasteiger partial charge in [-0.05, 0) is 52.0 Å². The Balaban J connectivity index is 1.65. The van der Waals surface area contributed by atoms with E-state index in [2.05, 4.69) is 18.9 Å². The predicted octanol–water partition coefficient (Wildman–Crippen LogP) is 2.06. The molecule has 0 N–H and O–H groups in total. The molecular formula is C18H28N4O2. The number of piperidine rings is 1. The third-order valence-electron chi connectivity index (χ3n) is 5.40. The summed E-state index contributed by atoms with van der Waals surface area (Å²) in [5, 5.41) is 4.17. The highest BCUT2D eigenvalue weighted by Gasteiger charge is 2.52. The lowest BCUT2D eigenvalue weighted by Gasteiger charge is -2.46. The summed E-state index contributed by atoms with van der Waals surface area (Å²) >= 11 is 0. The van der Waals surface area contributed by atoms with Gasteiger partial charge in [0.25, 0.3) is 0 Å². The Morgan fingerprint density at radius 2 is 2.04 bits per heavy atom. The van der Waals surface area contributed by atoms with Crippen LogP contribution < -0.4 is 0 Å². The molecule has 3 rings (SSSR count). The van der Waals surface area contributed by atoms with E-state index in [1.54, 1.807) is 6.20 Å². The van der Waals surface area contributed by atoms with E-state index in [4.69, 9.17) is 0 Å². The third kappa shape index (κ3) is 3.06. The van der Waals surface area contributed by atoms with Crippen molar-refractivity contribution >= 4 is 11.8 Å².